The monoisotopic (exact) mass is 462 g/mol. The van der Waals surface area contributed by atoms with Gasteiger partial charge in [-0.3, -0.25) is 14.4 Å². The van der Waals surface area contributed by atoms with Gasteiger partial charge in [0.05, 0.1) is 18.1 Å². The number of carbonyl (C=O) groups excluding carboxylic acids is 3. The molecule has 3 saturated heterocycles. The molecule has 2 bridgehead atoms. The molecule has 3 aliphatic rings. The fourth-order valence-corrected chi connectivity index (χ4v) is 6.11. The molecular weight excluding hydrogens is 424 g/mol. The predicted molar refractivity (Wildman–Crippen MR) is 123 cm³/mol. The number of hydrogen-bond acceptors (Lipinski definition) is 6. The molecule has 1 spiro atoms. The second-order valence-electron chi connectivity index (χ2n) is 9.29. The maximum atomic E-state index is 13.9. The van der Waals surface area contributed by atoms with Gasteiger partial charge in [0.25, 0.3) is 0 Å². The highest BCUT2D eigenvalue weighted by Gasteiger charge is 2.79. The van der Waals surface area contributed by atoms with Crippen molar-refractivity contribution < 1.29 is 29.0 Å². The van der Waals surface area contributed by atoms with Crippen LogP contribution < -0.4 is 0 Å². The number of fused-ring (bicyclic) bond motifs is 1. The van der Waals surface area contributed by atoms with Crippen LogP contribution in [0.15, 0.2) is 25.3 Å². The van der Waals surface area contributed by atoms with Crippen LogP contribution in [0.5, 0.6) is 0 Å². The molecule has 184 valence electrons. The minimum atomic E-state index is -1.10. The normalized spacial score (nSPS) is 32.0. The zero-order valence-corrected chi connectivity index (χ0v) is 20.0. The molecule has 0 aromatic heterocycles. The Balaban J connectivity index is 2.01. The Morgan fingerprint density at radius 1 is 1.27 bits per heavy atom. The van der Waals surface area contributed by atoms with Crippen LogP contribution in [0.25, 0.3) is 0 Å². The summed E-state index contributed by atoms with van der Waals surface area (Å²) in [5.74, 6) is -2.59. The Morgan fingerprint density at radius 2 is 2.03 bits per heavy atom. The van der Waals surface area contributed by atoms with Gasteiger partial charge >= 0.3 is 5.97 Å². The topological polar surface area (TPSA) is 96.4 Å². The molecule has 0 aromatic carbocycles. The highest BCUT2D eigenvalue weighted by Crippen LogP contribution is 2.64. The number of carbonyl (C=O) groups is 3. The van der Waals surface area contributed by atoms with E-state index in [-0.39, 0.29) is 31.6 Å². The smallest absolute Gasteiger partial charge is 0.313 e. The summed E-state index contributed by atoms with van der Waals surface area (Å²) >= 11 is 0. The van der Waals surface area contributed by atoms with E-state index in [0.717, 1.165) is 19.3 Å². The number of β-amino-alcohol motifs (C(OH)–C–C–N with tert-alkyl or cyclic N) is 1. The molecular formula is C25H38N2O6. The van der Waals surface area contributed by atoms with E-state index < -0.39 is 35.0 Å². The van der Waals surface area contributed by atoms with Crippen molar-refractivity contribution in [3.05, 3.63) is 25.3 Å². The minimum absolute atomic E-state index is 0.0152. The molecule has 8 nitrogen and oxygen atoms in total. The van der Waals surface area contributed by atoms with E-state index in [0.29, 0.717) is 32.4 Å². The van der Waals surface area contributed by atoms with Gasteiger partial charge in [-0.05, 0) is 25.7 Å². The Labute approximate surface area is 196 Å². The van der Waals surface area contributed by atoms with E-state index in [1.54, 1.807) is 11.0 Å². The van der Waals surface area contributed by atoms with E-state index in [9.17, 15) is 19.5 Å². The second-order valence-corrected chi connectivity index (χ2v) is 9.29. The van der Waals surface area contributed by atoms with Crippen LogP contribution in [0.2, 0.25) is 0 Å². The molecule has 2 unspecified atom stereocenters. The zero-order chi connectivity index (χ0) is 24.2. The largest absolute Gasteiger partial charge is 0.461 e. The molecule has 8 heteroatoms. The predicted octanol–water partition coefficient (Wildman–Crippen LogP) is 2.07. The average Bonchev–Trinajstić information content (AvgIpc) is 3.41. The SMILES string of the molecule is C=CCOC(=O)[C@@H]1[C@H]2C(=O)N(CCO)C(C(=O)N(CC=C)CCCCC)C23CC[C@@]1(CC)O3. The third-order valence-corrected chi connectivity index (χ3v) is 7.55. The number of aliphatic hydroxyl groups excluding tert-OH is 1. The summed E-state index contributed by atoms with van der Waals surface area (Å²) in [6.07, 6.45) is 7.67. The number of amides is 2. The number of ether oxygens (including phenoxy) is 2. The lowest BCUT2D eigenvalue weighted by Crippen LogP contribution is -2.56. The summed E-state index contributed by atoms with van der Waals surface area (Å²) in [6, 6.07) is -0.880. The van der Waals surface area contributed by atoms with Crippen molar-refractivity contribution in [2.45, 2.75) is 69.6 Å². The molecule has 3 heterocycles. The van der Waals surface area contributed by atoms with Crippen LogP contribution in [0.3, 0.4) is 0 Å². The van der Waals surface area contributed by atoms with Crippen molar-refractivity contribution in [1.29, 1.82) is 0 Å². The fraction of sp³-hybridized carbons (Fsp3) is 0.720. The second kappa shape index (κ2) is 10.4. The Hall–Kier alpha value is -2.19. The van der Waals surface area contributed by atoms with E-state index in [1.165, 1.54) is 11.0 Å². The first-order valence-corrected chi connectivity index (χ1v) is 12.2. The third kappa shape index (κ3) is 4.12. The van der Waals surface area contributed by atoms with Crippen LogP contribution in [-0.2, 0) is 23.9 Å². The van der Waals surface area contributed by atoms with Crippen LogP contribution in [0.4, 0.5) is 0 Å². The molecule has 0 aromatic rings. The van der Waals surface area contributed by atoms with Gasteiger partial charge in [-0.1, -0.05) is 45.4 Å². The lowest BCUT2D eigenvalue weighted by molar-refractivity contribution is -0.161. The highest BCUT2D eigenvalue weighted by molar-refractivity contribution is 5.98. The first-order chi connectivity index (χ1) is 15.9. The fourth-order valence-electron chi connectivity index (χ4n) is 6.11. The highest BCUT2D eigenvalue weighted by atomic mass is 16.6. The Bertz CT molecular complexity index is 785. The van der Waals surface area contributed by atoms with E-state index >= 15 is 0 Å². The maximum absolute atomic E-state index is 13.9. The molecule has 3 aliphatic heterocycles. The molecule has 1 N–H and O–H groups in total. The van der Waals surface area contributed by atoms with Crippen LogP contribution in [-0.4, -0.2) is 82.8 Å². The molecule has 3 fully saturated rings. The van der Waals surface area contributed by atoms with Gasteiger partial charge in [-0.2, -0.15) is 0 Å². The Kier molecular flexibility index (Phi) is 8.00. The summed E-state index contributed by atoms with van der Waals surface area (Å²) in [4.78, 5) is 43.9. The summed E-state index contributed by atoms with van der Waals surface area (Å²) < 4.78 is 12.0. The van der Waals surface area contributed by atoms with Gasteiger partial charge < -0.3 is 24.4 Å². The van der Waals surface area contributed by atoms with Crippen molar-refractivity contribution >= 4 is 17.8 Å². The van der Waals surface area contributed by atoms with Gasteiger partial charge in [-0.25, -0.2) is 0 Å². The summed E-state index contributed by atoms with van der Waals surface area (Å²) in [6.45, 7) is 12.1. The number of esters is 1. The van der Waals surface area contributed by atoms with Crippen molar-refractivity contribution in [2.75, 3.05) is 32.8 Å². The van der Waals surface area contributed by atoms with Crippen molar-refractivity contribution in [3.63, 3.8) is 0 Å². The van der Waals surface area contributed by atoms with Crippen LogP contribution in [0.1, 0.15) is 52.4 Å². The summed E-state index contributed by atoms with van der Waals surface area (Å²) in [7, 11) is 0. The van der Waals surface area contributed by atoms with Crippen molar-refractivity contribution in [2.24, 2.45) is 11.8 Å². The first kappa shape index (κ1) is 25.4. The van der Waals surface area contributed by atoms with Gasteiger partial charge in [-0.15, -0.1) is 6.58 Å². The standard InChI is InChI=1S/C25H38N2O6/c1-5-9-10-14-26(13-6-2)22(30)20-25-12-11-24(8-4,33-25)19(23(31)32-17-7-3)18(25)21(29)27(20)15-16-28/h6-7,18-20,28H,2-3,5,8-17H2,1,4H3/t18-,19-,20?,24+,25?/m0/s1. The number of unbranched alkanes of at least 4 members (excludes halogenated alkanes) is 2. The minimum Gasteiger partial charge on any atom is -0.461 e. The third-order valence-electron chi connectivity index (χ3n) is 7.55. The van der Waals surface area contributed by atoms with Crippen molar-refractivity contribution in [1.82, 2.24) is 9.80 Å². The zero-order valence-electron chi connectivity index (χ0n) is 20.0. The molecule has 2 amide bonds. The summed E-state index contributed by atoms with van der Waals surface area (Å²) in [5.41, 5.74) is -1.92. The van der Waals surface area contributed by atoms with Crippen molar-refractivity contribution in [3.8, 4) is 0 Å². The molecule has 0 saturated carbocycles. The molecule has 0 aliphatic carbocycles. The number of rotatable bonds is 13. The lowest BCUT2D eigenvalue weighted by Gasteiger charge is -2.36. The first-order valence-electron chi connectivity index (χ1n) is 12.2. The van der Waals surface area contributed by atoms with E-state index in [2.05, 4.69) is 20.1 Å². The van der Waals surface area contributed by atoms with Crippen LogP contribution in [0, 0.1) is 11.8 Å². The van der Waals surface area contributed by atoms with Gasteiger partial charge in [0.1, 0.15) is 24.2 Å². The van der Waals surface area contributed by atoms with E-state index in [4.69, 9.17) is 9.47 Å². The average molecular weight is 463 g/mol. The van der Waals surface area contributed by atoms with Crippen LogP contribution >= 0.6 is 0 Å². The Morgan fingerprint density at radius 3 is 2.64 bits per heavy atom. The molecule has 0 radical (unpaired) electrons. The van der Waals surface area contributed by atoms with Gasteiger partial charge in [0.15, 0.2) is 0 Å². The summed E-state index contributed by atoms with van der Waals surface area (Å²) in [5, 5.41) is 9.70. The van der Waals surface area contributed by atoms with Gasteiger partial charge in [0, 0.05) is 19.6 Å². The lowest BCUT2D eigenvalue weighted by atomic mass is 9.65. The molecule has 3 rings (SSSR count). The van der Waals surface area contributed by atoms with Gasteiger partial charge in [0.2, 0.25) is 11.8 Å². The maximum Gasteiger partial charge on any atom is 0.313 e. The molecule has 33 heavy (non-hydrogen) atoms. The number of aliphatic hydroxyl groups is 1. The quantitative estimate of drug-likeness (QED) is 0.256. The number of likely N-dealkylation sites (tertiary alicyclic amines) is 1. The number of nitrogens with zero attached hydrogens (tertiary/aromatic N) is 2. The number of hydrogen-bond donors (Lipinski definition) is 1. The molecule has 5 atom stereocenters. The van der Waals surface area contributed by atoms with E-state index in [1.807, 2.05) is 6.92 Å².